The van der Waals surface area contributed by atoms with E-state index in [0.29, 0.717) is 44.3 Å². The lowest BCUT2D eigenvalue weighted by molar-refractivity contribution is -0.186. The molecule has 10 heteroatoms. The zero-order valence-corrected chi connectivity index (χ0v) is 17.8. The van der Waals surface area contributed by atoms with Crippen molar-refractivity contribution in [2.24, 2.45) is 0 Å². The minimum absolute atomic E-state index is 0.253. The Kier molecular flexibility index (Phi) is 7.47. The van der Waals surface area contributed by atoms with E-state index >= 15 is 0 Å². The fourth-order valence-corrected chi connectivity index (χ4v) is 3.48. The summed E-state index contributed by atoms with van der Waals surface area (Å²) in [6.45, 7) is 3.06. The molecule has 3 heterocycles. The highest BCUT2D eigenvalue weighted by atomic mass is 16.8. The van der Waals surface area contributed by atoms with E-state index in [1.54, 1.807) is 4.90 Å². The Morgan fingerprint density at radius 2 is 1.81 bits per heavy atom. The van der Waals surface area contributed by atoms with Crippen LogP contribution in [0.25, 0.3) is 0 Å². The van der Waals surface area contributed by atoms with Gasteiger partial charge in [-0.15, -0.1) is 0 Å². The van der Waals surface area contributed by atoms with E-state index in [4.69, 9.17) is 14.3 Å². The number of nitrogens with zero attached hydrogens (tertiary/aromatic N) is 4. The number of amides is 2. The first-order valence-electron chi connectivity index (χ1n) is 10.8. The summed E-state index contributed by atoms with van der Waals surface area (Å²) in [5.74, 6) is 0.0899. The van der Waals surface area contributed by atoms with Crippen LogP contribution in [0.3, 0.4) is 0 Å². The number of hydrogen-bond acceptors (Lipinski definition) is 8. The smallest absolute Gasteiger partial charge is 0.410 e. The second-order valence-electron chi connectivity index (χ2n) is 7.63. The molecule has 1 unspecified atom stereocenters. The van der Waals surface area contributed by atoms with Gasteiger partial charge in [-0.1, -0.05) is 30.3 Å². The number of rotatable bonds is 6. The number of aromatic nitrogens is 2. The van der Waals surface area contributed by atoms with Crippen LogP contribution in [0.15, 0.2) is 42.7 Å². The van der Waals surface area contributed by atoms with E-state index in [9.17, 15) is 9.59 Å². The molecule has 0 bridgehead atoms. The number of piperazine rings is 1. The molecule has 1 aromatic heterocycles. The third-order valence-electron chi connectivity index (χ3n) is 5.35. The molecule has 2 aliphatic rings. The largest absolute Gasteiger partial charge is 0.445 e. The summed E-state index contributed by atoms with van der Waals surface area (Å²) in [6.07, 6.45) is 4.95. The van der Waals surface area contributed by atoms with Gasteiger partial charge in [0.1, 0.15) is 6.61 Å². The van der Waals surface area contributed by atoms with Crippen LogP contribution in [0.5, 0.6) is 0 Å². The minimum Gasteiger partial charge on any atom is -0.445 e. The predicted octanol–water partition coefficient (Wildman–Crippen LogP) is 2.12. The Morgan fingerprint density at radius 1 is 1.06 bits per heavy atom. The zero-order valence-electron chi connectivity index (χ0n) is 17.8. The van der Waals surface area contributed by atoms with E-state index < -0.39 is 12.2 Å². The molecule has 10 nitrogen and oxygen atoms in total. The average Bonchev–Trinajstić information content (AvgIpc) is 2.87. The number of hydrogen-bond donors (Lipinski definition) is 1. The molecule has 0 radical (unpaired) electrons. The normalized spacial score (nSPS) is 18.8. The maximum absolute atomic E-state index is 12.3. The summed E-state index contributed by atoms with van der Waals surface area (Å²) in [5.41, 5.74) is 3.65. The van der Waals surface area contributed by atoms with Crippen molar-refractivity contribution in [3.05, 3.63) is 53.9 Å². The van der Waals surface area contributed by atoms with Crippen molar-refractivity contribution in [1.82, 2.24) is 20.3 Å². The molecule has 1 N–H and O–H groups in total. The van der Waals surface area contributed by atoms with Gasteiger partial charge in [0.15, 0.2) is 6.29 Å². The van der Waals surface area contributed by atoms with Crippen LogP contribution in [-0.4, -0.2) is 65.9 Å². The first kappa shape index (κ1) is 22.0. The van der Waals surface area contributed by atoms with Crippen LogP contribution in [0.4, 0.5) is 10.7 Å². The molecule has 2 aromatic rings. The number of benzene rings is 1. The molecule has 2 saturated heterocycles. The third-order valence-corrected chi connectivity index (χ3v) is 5.35. The van der Waals surface area contributed by atoms with Crippen molar-refractivity contribution in [2.75, 3.05) is 37.7 Å². The van der Waals surface area contributed by atoms with Gasteiger partial charge in [-0.2, -0.15) is 0 Å². The standard InChI is InChI=1S/C22H27N5O5/c28-20(25-32-19-8-4-5-13-30-19)18-14-23-21(24-15-18)26-9-11-27(12-10-26)22(29)31-16-17-6-2-1-3-7-17/h1-3,6-7,14-15,19H,4-5,8-13,16H2,(H,25,28). The van der Waals surface area contributed by atoms with Crippen LogP contribution in [0, 0.1) is 0 Å². The number of hydroxylamine groups is 1. The van der Waals surface area contributed by atoms with Gasteiger partial charge in [0, 0.05) is 51.6 Å². The number of anilines is 1. The van der Waals surface area contributed by atoms with Crippen LogP contribution < -0.4 is 10.4 Å². The number of carbonyl (C=O) groups excluding carboxylic acids is 2. The van der Waals surface area contributed by atoms with E-state index in [1.165, 1.54) is 12.4 Å². The predicted molar refractivity (Wildman–Crippen MR) is 115 cm³/mol. The maximum atomic E-state index is 12.3. The van der Waals surface area contributed by atoms with Gasteiger partial charge in [0.2, 0.25) is 5.95 Å². The molecular formula is C22H27N5O5. The van der Waals surface area contributed by atoms with Crippen molar-refractivity contribution in [2.45, 2.75) is 32.2 Å². The average molecular weight is 441 g/mol. The summed E-state index contributed by atoms with van der Waals surface area (Å²) in [5, 5.41) is 0. The molecule has 2 fully saturated rings. The molecule has 32 heavy (non-hydrogen) atoms. The first-order valence-corrected chi connectivity index (χ1v) is 10.8. The summed E-state index contributed by atoms with van der Waals surface area (Å²) in [7, 11) is 0. The highest BCUT2D eigenvalue weighted by Crippen LogP contribution is 2.14. The minimum atomic E-state index is -0.420. The van der Waals surface area contributed by atoms with Crippen molar-refractivity contribution in [3.8, 4) is 0 Å². The Bertz CT molecular complexity index is 881. The SMILES string of the molecule is O=C(NOC1CCCCO1)c1cnc(N2CCN(C(=O)OCc3ccccc3)CC2)nc1. The fraction of sp³-hybridized carbons (Fsp3) is 0.455. The van der Waals surface area contributed by atoms with Crippen molar-refractivity contribution < 1.29 is 23.9 Å². The van der Waals surface area contributed by atoms with E-state index in [1.807, 2.05) is 35.2 Å². The summed E-state index contributed by atoms with van der Waals surface area (Å²) < 4.78 is 10.8. The second-order valence-corrected chi connectivity index (χ2v) is 7.63. The molecule has 1 aromatic carbocycles. The molecule has 0 spiro atoms. The molecule has 2 aliphatic heterocycles. The van der Waals surface area contributed by atoms with Gasteiger partial charge in [0.05, 0.1) is 5.56 Å². The summed E-state index contributed by atoms with van der Waals surface area (Å²) in [6, 6.07) is 9.58. The third kappa shape index (κ3) is 5.92. The molecular weight excluding hydrogens is 414 g/mol. The van der Waals surface area contributed by atoms with Crippen LogP contribution in [-0.2, 0) is 20.9 Å². The number of ether oxygens (including phenoxy) is 2. The topological polar surface area (TPSA) is 106 Å². The Labute approximate surface area is 186 Å². The van der Waals surface area contributed by atoms with Crippen molar-refractivity contribution >= 4 is 17.9 Å². The van der Waals surface area contributed by atoms with Gasteiger partial charge in [-0.25, -0.2) is 25.1 Å². The van der Waals surface area contributed by atoms with Gasteiger partial charge >= 0.3 is 6.09 Å². The van der Waals surface area contributed by atoms with Crippen molar-refractivity contribution in [1.29, 1.82) is 0 Å². The Morgan fingerprint density at radius 3 is 2.50 bits per heavy atom. The molecule has 170 valence electrons. The van der Waals surface area contributed by atoms with E-state index in [0.717, 1.165) is 24.8 Å². The molecule has 0 saturated carbocycles. The highest BCUT2D eigenvalue weighted by Gasteiger charge is 2.24. The Hall–Kier alpha value is -3.24. The lowest BCUT2D eigenvalue weighted by Gasteiger charge is -2.34. The monoisotopic (exact) mass is 441 g/mol. The van der Waals surface area contributed by atoms with Crippen LogP contribution >= 0.6 is 0 Å². The van der Waals surface area contributed by atoms with Gasteiger partial charge in [0.25, 0.3) is 5.91 Å². The van der Waals surface area contributed by atoms with Gasteiger partial charge in [-0.3, -0.25) is 4.79 Å². The summed E-state index contributed by atoms with van der Waals surface area (Å²) >= 11 is 0. The second kappa shape index (κ2) is 10.9. The molecule has 2 amide bonds. The Balaban J connectivity index is 1.21. The van der Waals surface area contributed by atoms with E-state index in [-0.39, 0.29) is 12.7 Å². The van der Waals surface area contributed by atoms with Crippen LogP contribution in [0.2, 0.25) is 0 Å². The van der Waals surface area contributed by atoms with Gasteiger partial charge in [-0.05, 0) is 18.4 Å². The summed E-state index contributed by atoms with van der Waals surface area (Å²) in [4.78, 5) is 42.0. The zero-order chi connectivity index (χ0) is 22.2. The first-order chi connectivity index (χ1) is 15.7. The molecule has 4 rings (SSSR count). The number of carbonyl (C=O) groups is 2. The lowest BCUT2D eigenvalue weighted by atomic mass is 10.2. The number of nitrogens with one attached hydrogen (secondary N) is 1. The quantitative estimate of drug-likeness (QED) is 0.680. The highest BCUT2D eigenvalue weighted by molar-refractivity contribution is 5.92. The lowest BCUT2D eigenvalue weighted by Crippen LogP contribution is -2.49. The van der Waals surface area contributed by atoms with E-state index in [2.05, 4.69) is 15.4 Å². The maximum Gasteiger partial charge on any atom is 0.410 e. The van der Waals surface area contributed by atoms with Crippen LogP contribution in [0.1, 0.15) is 35.2 Å². The fourth-order valence-electron chi connectivity index (χ4n) is 3.48. The molecule has 0 aliphatic carbocycles. The van der Waals surface area contributed by atoms with Gasteiger partial charge < -0.3 is 19.3 Å². The molecule has 1 atom stereocenters. The van der Waals surface area contributed by atoms with Crippen molar-refractivity contribution in [3.63, 3.8) is 0 Å².